The van der Waals surface area contributed by atoms with E-state index in [1.165, 1.54) is 0 Å². The van der Waals surface area contributed by atoms with Gasteiger partial charge in [-0.3, -0.25) is 9.58 Å². The Hall–Kier alpha value is -1.73. The SMILES string of the molecule is CNc1nc(CN(C)C2CCOC2C)nc2c1cnn2C. The number of likely N-dealkylation sites (N-methyl/N-ethyl adjacent to an activating group) is 1. The monoisotopic (exact) mass is 290 g/mol. The van der Waals surface area contributed by atoms with Crippen LogP contribution in [-0.2, 0) is 18.3 Å². The van der Waals surface area contributed by atoms with Gasteiger partial charge < -0.3 is 10.1 Å². The third kappa shape index (κ3) is 2.58. The highest BCUT2D eigenvalue weighted by Crippen LogP contribution is 2.22. The lowest BCUT2D eigenvalue weighted by Crippen LogP contribution is -2.36. The summed E-state index contributed by atoms with van der Waals surface area (Å²) in [6, 6.07) is 0.425. The highest BCUT2D eigenvalue weighted by molar-refractivity contribution is 5.86. The Labute approximate surface area is 124 Å². The zero-order chi connectivity index (χ0) is 15.0. The van der Waals surface area contributed by atoms with Crippen LogP contribution in [0.5, 0.6) is 0 Å². The summed E-state index contributed by atoms with van der Waals surface area (Å²) < 4.78 is 7.42. The summed E-state index contributed by atoms with van der Waals surface area (Å²) in [5.41, 5.74) is 0.855. The van der Waals surface area contributed by atoms with Crippen molar-refractivity contribution < 1.29 is 4.74 Å². The van der Waals surface area contributed by atoms with Crippen molar-refractivity contribution in [2.45, 2.75) is 32.0 Å². The molecule has 0 spiro atoms. The van der Waals surface area contributed by atoms with E-state index in [-0.39, 0.29) is 6.10 Å². The van der Waals surface area contributed by atoms with Gasteiger partial charge in [-0.15, -0.1) is 0 Å². The van der Waals surface area contributed by atoms with Gasteiger partial charge in [0, 0.05) is 26.7 Å². The Kier molecular flexibility index (Phi) is 3.77. The number of nitrogens with zero attached hydrogens (tertiary/aromatic N) is 5. The molecule has 0 radical (unpaired) electrons. The van der Waals surface area contributed by atoms with Crippen LogP contribution in [0.1, 0.15) is 19.2 Å². The van der Waals surface area contributed by atoms with Crippen molar-refractivity contribution in [2.24, 2.45) is 7.05 Å². The fourth-order valence-electron chi connectivity index (χ4n) is 2.97. The minimum atomic E-state index is 0.263. The lowest BCUT2D eigenvalue weighted by Gasteiger charge is -2.25. The molecule has 3 rings (SSSR count). The number of nitrogens with one attached hydrogen (secondary N) is 1. The minimum absolute atomic E-state index is 0.263. The molecule has 0 aromatic carbocycles. The number of rotatable bonds is 4. The number of ether oxygens (including phenoxy) is 1. The molecule has 2 aromatic heterocycles. The largest absolute Gasteiger partial charge is 0.377 e. The van der Waals surface area contributed by atoms with Gasteiger partial charge in [-0.2, -0.15) is 5.10 Å². The molecule has 7 nitrogen and oxygen atoms in total. The maximum atomic E-state index is 5.64. The summed E-state index contributed by atoms with van der Waals surface area (Å²) in [6.45, 7) is 3.66. The second-order valence-electron chi connectivity index (χ2n) is 5.59. The van der Waals surface area contributed by atoms with E-state index < -0.39 is 0 Å². The summed E-state index contributed by atoms with van der Waals surface area (Å²) in [4.78, 5) is 11.5. The van der Waals surface area contributed by atoms with E-state index in [2.05, 4.69) is 39.3 Å². The normalized spacial score (nSPS) is 22.3. The zero-order valence-corrected chi connectivity index (χ0v) is 13.0. The van der Waals surface area contributed by atoms with Crippen LogP contribution in [0.4, 0.5) is 5.82 Å². The van der Waals surface area contributed by atoms with Crippen LogP contribution in [-0.4, -0.2) is 57.5 Å². The molecule has 114 valence electrons. The number of fused-ring (bicyclic) bond motifs is 1. The molecule has 0 amide bonds. The fourth-order valence-corrected chi connectivity index (χ4v) is 2.97. The summed E-state index contributed by atoms with van der Waals surface area (Å²) in [5, 5.41) is 8.33. The van der Waals surface area contributed by atoms with E-state index in [0.717, 1.165) is 35.7 Å². The van der Waals surface area contributed by atoms with Crippen LogP contribution in [0, 0.1) is 0 Å². The van der Waals surface area contributed by atoms with Crippen LogP contribution in [0.15, 0.2) is 6.20 Å². The first-order valence-corrected chi connectivity index (χ1v) is 7.28. The average Bonchev–Trinajstić information content (AvgIpc) is 3.05. The lowest BCUT2D eigenvalue weighted by molar-refractivity contribution is 0.0806. The van der Waals surface area contributed by atoms with Gasteiger partial charge in [-0.05, 0) is 20.4 Å². The third-order valence-corrected chi connectivity index (χ3v) is 4.17. The van der Waals surface area contributed by atoms with Crippen molar-refractivity contribution in [1.82, 2.24) is 24.6 Å². The number of hydrogen-bond donors (Lipinski definition) is 1. The van der Waals surface area contributed by atoms with Gasteiger partial charge in [0.1, 0.15) is 11.6 Å². The molecule has 0 bridgehead atoms. The second kappa shape index (κ2) is 5.57. The van der Waals surface area contributed by atoms with Crippen molar-refractivity contribution >= 4 is 16.9 Å². The van der Waals surface area contributed by atoms with Gasteiger partial charge in [0.25, 0.3) is 0 Å². The molecule has 1 aliphatic heterocycles. The molecule has 21 heavy (non-hydrogen) atoms. The fraction of sp³-hybridized carbons (Fsp3) is 0.643. The van der Waals surface area contributed by atoms with E-state index in [1.807, 2.05) is 14.1 Å². The van der Waals surface area contributed by atoms with Crippen LogP contribution in [0.25, 0.3) is 11.0 Å². The molecule has 1 aliphatic rings. The number of aromatic nitrogens is 4. The first-order valence-electron chi connectivity index (χ1n) is 7.28. The second-order valence-corrected chi connectivity index (χ2v) is 5.59. The summed E-state index contributed by atoms with van der Waals surface area (Å²) in [6.07, 6.45) is 3.12. The molecular formula is C14H22N6O. The molecule has 2 atom stereocenters. The van der Waals surface area contributed by atoms with Crippen molar-refractivity contribution in [2.75, 3.05) is 26.0 Å². The molecule has 2 unspecified atom stereocenters. The van der Waals surface area contributed by atoms with Gasteiger partial charge in [-0.25, -0.2) is 9.97 Å². The molecule has 1 N–H and O–H groups in total. The van der Waals surface area contributed by atoms with Crippen molar-refractivity contribution in [3.63, 3.8) is 0 Å². The van der Waals surface area contributed by atoms with Crippen LogP contribution in [0.2, 0.25) is 0 Å². The molecule has 0 saturated carbocycles. The van der Waals surface area contributed by atoms with E-state index >= 15 is 0 Å². The average molecular weight is 290 g/mol. The molecule has 7 heteroatoms. The lowest BCUT2D eigenvalue weighted by atomic mass is 10.1. The first kappa shape index (κ1) is 14.2. The van der Waals surface area contributed by atoms with Gasteiger partial charge in [-0.1, -0.05) is 0 Å². The van der Waals surface area contributed by atoms with Crippen LogP contribution < -0.4 is 5.32 Å². The molecular weight excluding hydrogens is 268 g/mol. The summed E-state index contributed by atoms with van der Waals surface area (Å²) in [5.74, 6) is 1.63. The summed E-state index contributed by atoms with van der Waals surface area (Å²) in [7, 11) is 5.87. The molecule has 1 fully saturated rings. The van der Waals surface area contributed by atoms with Gasteiger partial charge >= 0.3 is 0 Å². The predicted molar refractivity (Wildman–Crippen MR) is 81.1 cm³/mol. The maximum Gasteiger partial charge on any atom is 0.163 e. The van der Waals surface area contributed by atoms with Crippen molar-refractivity contribution in [3.05, 3.63) is 12.0 Å². The molecule has 2 aromatic rings. The zero-order valence-electron chi connectivity index (χ0n) is 13.0. The van der Waals surface area contributed by atoms with E-state index in [9.17, 15) is 0 Å². The molecule has 0 aliphatic carbocycles. The van der Waals surface area contributed by atoms with Crippen LogP contribution in [0.3, 0.4) is 0 Å². The Morgan fingerprint density at radius 1 is 1.48 bits per heavy atom. The number of hydrogen-bond acceptors (Lipinski definition) is 6. The Morgan fingerprint density at radius 2 is 2.29 bits per heavy atom. The Bertz CT molecular complexity index is 640. The third-order valence-electron chi connectivity index (χ3n) is 4.17. The van der Waals surface area contributed by atoms with E-state index in [0.29, 0.717) is 12.6 Å². The van der Waals surface area contributed by atoms with E-state index in [4.69, 9.17) is 4.74 Å². The number of aryl methyl sites for hydroxylation is 1. The highest BCUT2D eigenvalue weighted by atomic mass is 16.5. The maximum absolute atomic E-state index is 5.64. The van der Waals surface area contributed by atoms with E-state index in [1.54, 1.807) is 10.9 Å². The highest BCUT2D eigenvalue weighted by Gasteiger charge is 2.28. The standard InChI is InChI=1S/C14H22N6O/c1-9-11(5-6-21-9)19(3)8-12-17-13(15-2)10-7-16-20(4)14(10)18-12/h7,9,11H,5-6,8H2,1-4H3,(H,15,17,18). The summed E-state index contributed by atoms with van der Waals surface area (Å²) >= 11 is 0. The molecule has 3 heterocycles. The minimum Gasteiger partial charge on any atom is -0.377 e. The van der Waals surface area contributed by atoms with Gasteiger partial charge in [0.15, 0.2) is 5.65 Å². The Balaban J connectivity index is 1.88. The smallest absolute Gasteiger partial charge is 0.163 e. The predicted octanol–water partition coefficient (Wildman–Crippen LogP) is 1.01. The van der Waals surface area contributed by atoms with Crippen molar-refractivity contribution in [1.29, 1.82) is 0 Å². The molecule has 1 saturated heterocycles. The quantitative estimate of drug-likeness (QED) is 0.906. The topological polar surface area (TPSA) is 68.1 Å². The first-order chi connectivity index (χ1) is 10.1. The van der Waals surface area contributed by atoms with Crippen molar-refractivity contribution in [3.8, 4) is 0 Å². The van der Waals surface area contributed by atoms with Crippen LogP contribution >= 0.6 is 0 Å². The van der Waals surface area contributed by atoms with Gasteiger partial charge in [0.2, 0.25) is 0 Å². The number of anilines is 1. The van der Waals surface area contributed by atoms with Gasteiger partial charge in [0.05, 0.1) is 24.2 Å². The Morgan fingerprint density at radius 3 is 2.95 bits per heavy atom.